The Balaban J connectivity index is 1.92. The van der Waals surface area contributed by atoms with Crippen LogP contribution in [-0.4, -0.2) is 42.5 Å². The molecule has 4 atom stereocenters. The van der Waals surface area contributed by atoms with Crippen molar-refractivity contribution < 1.29 is 33.6 Å². The Labute approximate surface area is 157 Å². The number of hydrogen-bond acceptors (Lipinski definition) is 7. The molecule has 0 aromatic heterocycles. The van der Waals surface area contributed by atoms with E-state index in [4.69, 9.17) is 18.9 Å². The van der Waals surface area contributed by atoms with Crippen molar-refractivity contribution in [1.82, 2.24) is 0 Å². The third-order valence-electron chi connectivity index (χ3n) is 6.20. The highest BCUT2D eigenvalue weighted by atomic mass is 16.8. The van der Waals surface area contributed by atoms with Gasteiger partial charge < -0.3 is 24.1 Å². The van der Waals surface area contributed by atoms with Crippen molar-refractivity contribution in [2.45, 2.75) is 51.2 Å². The van der Waals surface area contributed by atoms with Crippen LogP contribution in [0.4, 0.5) is 4.79 Å². The summed E-state index contributed by atoms with van der Waals surface area (Å²) in [4.78, 5) is 23.9. The Morgan fingerprint density at radius 3 is 2.70 bits per heavy atom. The van der Waals surface area contributed by atoms with Gasteiger partial charge in [-0.3, -0.25) is 4.79 Å². The quantitative estimate of drug-likeness (QED) is 0.638. The number of benzene rings is 1. The van der Waals surface area contributed by atoms with Crippen LogP contribution in [0.3, 0.4) is 0 Å². The first-order chi connectivity index (χ1) is 12.8. The minimum absolute atomic E-state index is 0.121. The van der Waals surface area contributed by atoms with E-state index in [0.717, 1.165) is 12.0 Å². The number of methoxy groups -OCH3 is 1. The molecule has 146 valence electrons. The minimum Gasteiger partial charge on any atom is -0.507 e. The van der Waals surface area contributed by atoms with Crippen molar-refractivity contribution in [2.75, 3.05) is 13.7 Å². The maximum Gasteiger partial charge on any atom is 0.509 e. The molecule has 2 aliphatic heterocycles. The average molecular weight is 376 g/mol. The summed E-state index contributed by atoms with van der Waals surface area (Å²) in [6.07, 6.45) is 0.268. The van der Waals surface area contributed by atoms with Gasteiger partial charge in [0, 0.05) is 17.5 Å². The van der Waals surface area contributed by atoms with E-state index in [1.54, 1.807) is 0 Å². The zero-order chi connectivity index (χ0) is 19.5. The molecule has 0 amide bonds. The SMILES string of the molecule is COc1cc(O)c(C(C)=O)c2c1[C@@H]1[C@@H](C(C)C)CC[C@]3(COC(=O)O3)[C@@H]1O2. The fourth-order valence-electron chi connectivity index (χ4n) is 4.96. The average Bonchev–Trinajstić information content (AvgIpc) is 3.16. The normalized spacial score (nSPS) is 31.1. The van der Waals surface area contributed by atoms with E-state index >= 15 is 0 Å². The highest BCUT2D eigenvalue weighted by Crippen LogP contribution is 2.60. The number of aromatic hydroxyl groups is 1. The summed E-state index contributed by atoms with van der Waals surface area (Å²) < 4.78 is 22.5. The van der Waals surface area contributed by atoms with Crippen molar-refractivity contribution >= 4 is 11.9 Å². The van der Waals surface area contributed by atoms with E-state index in [1.807, 2.05) is 0 Å². The second kappa shape index (κ2) is 6.04. The Kier molecular flexibility index (Phi) is 4.01. The van der Waals surface area contributed by atoms with Gasteiger partial charge in [-0.1, -0.05) is 13.8 Å². The second-order valence-electron chi connectivity index (χ2n) is 7.99. The highest BCUT2D eigenvalue weighted by molar-refractivity contribution is 6.00. The van der Waals surface area contributed by atoms with Crippen LogP contribution < -0.4 is 9.47 Å². The maximum absolute atomic E-state index is 12.2. The van der Waals surface area contributed by atoms with Crippen molar-refractivity contribution in [1.29, 1.82) is 0 Å². The first kappa shape index (κ1) is 17.9. The fraction of sp³-hybridized carbons (Fsp3) is 0.600. The van der Waals surface area contributed by atoms with Crippen LogP contribution in [0, 0.1) is 11.8 Å². The Hall–Kier alpha value is -2.44. The molecule has 1 aromatic rings. The van der Waals surface area contributed by atoms with Crippen LogP contribution >= 0.6 is 0 Å². The summed E-state index contributed by atoms with van der Waals surface area (Å²) in [5, 5.41) is 10.4. The molecule has 7 nitrogen and oxygen atoms in total. The van der Waals surface area contributed by atoms with Gasteiger partial charge in [0.25, 0.3) is 0 Å². The van der Waals surface area contributed by atoms with Gasteiger partial charge in [0.05, 0.1) is 7.11 Å². The molecule has 1 saturated carbocycles. The van der Waals surface area contributed by atoms with Gasteiger partial charge in [0.2, 0.25) is 0 Å². The zero-order valence-corrected chi connectivity index (χ0v) is 15.9. The van der Waals surface area contributed by atoms with E-state index in [1.165, 1.54) is 20.1 Å². The van der Waals surface area contributed by atoms with Gasteiger partial charge >= 0.3 is 6.16 Å². The van der Waals surface area contributed by atoms with Crippen molar-refractivity contribution in [3.63, 3.8) is 0 Å². The topological polar surface area (TPSA) is 91.3 Å². The minimum atomic E-state index is -0.888. The molecule has 4 rings (SSSR count). The maximum atomic E-state index is 12.2. The van der Waals surface area contributed by atoms with Gasteiger partial charge in [-0.2, -0.15) is 0 Å². The van der Waals surface area contributed by atoms with Crippen LogP contribution in [0.2, 0.25) is 0 Å². The molecule has 0 bridgehead atoms. The lowest BCUT2D eigenvalue weighted by atomic mass is 9.64. The molecule has 1 N–H and O–H groups in total. The molecule has 1 saturated heterocycles. The van der Waals surface area contributed by atoms with Gasteiger partial charge in [0.15, 0.2) is 11.4 Å². The number of carbonyl (C=O) groups excluding carboxylic acids is 2. The first-order valence-corrected chi connectivity index (χ1v) is 9.26. The van der Waals surface area contributed by atoms with E-state index in [9.17, 15) is 14.7 Å². The van der Waals surface area contributed by atoms with Crippen LogP contribution in [0.1, 0.15) is 55.5 Å². The first-order valence-electron chi connectivity index (χ1n) is 9.26. The van der Waals surface area contributed by atoms with Gasteiger partial charge in [-0.05, 0) is 31.6 Å². The number of carbonyl (C=O) groups is 2. The smallest absolute Gasteiger partial charge is 0.507 e. The number of phenolic OH excluding ortho intramolecular Hbond substituents is 1. The van der Waals surface area contributed by atoms with Crippen LogP contribution in [-0.2, 0) is 9.47 Å². The fourth-order valence-corrected chi connectivity index (χ4v) is 4.96. The Bertz CT molecular complexity index is 815. The molecule has 1 aliphatic carbocycles. The predicted octanol–water partition coefficient (Wildman–Crippen LogP) is 3.42. The standard InChI is InChI=1S/C20H24O7/c1-9(2)11-5-6-20(8-25-19(23)27-20)18-15(11)16-13(24-4)7-12(22)14(10(3)21)17(16)26-18/h7,9,11,15,18,22H,5-6,8H2,1-4H3/t11-,15+,18-,20+/m1/s1. The van der Waals surface area contributed by atoms with Gasteiger partial charge in [0.1, 0.15) is 35.5 Å². The number of fused-ring (bicyclic) bond motifs is 4. The van der Waals surface area contributed by atoms with Crippen molar-refractivity contribution in [3.8, 4) is 17.2 Å². The monoisotopic (exact) mass is 376 g/mol. The molecule has 0 radical (unpaired) electrons. The summed E-state index contributed by atoms with van der Waals surface area (Å²) in [7, 11) is 1.53. The molecule has 0 unspecified atom stereocenters. The number of cyclic esters (lactones) is 1. The number of ketones is 1. The number of ether oxygens (including phenoxy) is 4. The predicted molar refractivity (Wildman–Crippen MR) is 94.5 cm³/mol. The third-order valence-corrected chi connectivity index (χ3v) is 6.20. The summed E-state index contributed by atoms with van der Waals surface area (Å²) in [6.45, 7) is 5.80. The van der Waals surface area contributed by atoms with E-state index in [-0.39, 0.29) is 35.5 Å². The van der Waals surface area contributed by atoms with Crippen LogP contribution in [0.15, 0.2) is 6.07 Å². The molecular formula is C20H24O7. The number of phenols is 1. The Morgan fingerprint density at radius 1 is 1.41 bits per heavy atom. The van der Waals surface area contributed by atoms with Gasteiger partial charge in [-0.15, -0.1) is 0 Å². The molecule has 7 heteroatoms. The van der Waals surface area contributed by atoms with E-state index < -0.39 is 17.9 Å². The lowest BCUT2D eigenvalue weighted by molar-refractivity contribution is -0.0842. The van der Waals surface area contributed by atoms with E-state index in [2.05, 4.69) is 13.8 Å². The number of hydrogen-bond donors (Lipinski definition) is 1. The lowest BCUT2D eigenvalue weighted by Gasteiger charge is -2.44. The third kappa shape index (κ3) is 2.47. The second-order valence-corrected chi connectivity index (χ2v) is 7.99. The van der Waals surface area contributed by atoms with Gasteiger partial charge in [-0.25, -0.2) is 4.79 Å². The molecule has 27 heavy (non-hydrogen) atoms. The summed E-state index contributed by atoms with van der Waals surface area (Å²) >= 11 is 0. The molecule has 1 aromatic carbocycles. The largest absolute Gasteiger partial charge is 0.509 e. The molecule has 1 spiro atoms. The number of Topliss-reactive ketones (excluding diaryl/α,β-unsaturated/α-hetero) is 1. The van der Waals surface area contributed by atoms with Crippen molar-refractivity contribution in [2.24, 2.45) is 11.8 Å². The molecule has 2 fully saturated rings. The molecule has 3 aliphatic rings. The molecular weight excluding hydrogens is 352 g/mol. The van der Waals surface area contributed by atoms with Crippen molar-refractivity contribution in [3.05, 3.63) is 17.2 Å². The summed E-state index contributed by atoms with van der Waals surface area (Å²) in [5.74, 6) is 0.821. The zero-order valence-electron chi connectivity index (χ0n) is 15.9. The Morgan fingerprint density at radius 2 is 2.15 bits per heavy atom. The summed E-state index contributed by atoms with van der Waals surface area (Å²) in [6, 6.07) is 1.47. The number of rotatable bonds is 3. The van der Waals surface area contributed by atoms with Crippen LogP contribution in [0.5, 0.6) is 17.2 Å². The molecule has 2 heterocycles. The lowest BCUT2D eigenvalue weighted by Crippen LogP contribution is -2.54. The summed E-state index contributed by atoms with van der Waals surface area (Å²) in [5.41, 5.74) is 0.0234. The highest BCUT2D eigenvalue weighted by Gasteiger charge is 2.62. The van der Waals surface area contributed by atoms with E-state index in [0.29, 0.717) is 23.8 Å². The van der Waals surface area contributed by atoms with Crippen LogP contribution in [0.25, 0.3) is 0 Å².